The van der Waals surface area contributed by atoms with Crippen molar-refractivity contribution in [3.8, 4) is 17.2 Å². The smallest absolute Gasteiger partial charge is 0.236 e. The Labute approximate surface area is 190 Å². The van der Waals surface area contributed by atoms with Crippen LogP contribution in [0, 0.1) is 0 Å². The molecular weight excluding hydrogens is 426 g/mol. The summed E-state index contributed by atoms with van der Waals surface area (Å²) in [5.41, 5.74) is 1.54. The number of carbonyl (C=O) groups is 1. The highest BCUT2D eigenvalue weighted by molar-refractivity contribution is 7.15. The molecule has 0 bridgehead atoms. The molecule has 1 fully saturated rings. The second-order valence-corrected chi connectivity index (χ2v) is 9.38. The number of nitrogens with zero attached hydrogens (tertiary/aromatic N) is 2. The van der Waals surface area contributed by atoms with Crippen LogP contribution in [0.2, 0.25) is 0 Å². The molecule has 32 heavy (non-hydrogen) atoms. The van der Waals surface area contributed by atoms with E-state index < -0.39 is 5.41 Å². The monoisotopic (exact) mass is 451 g/mol. The average molecular weight is 452 g/mol. The molecule has 2 aromatic carbocycles. The second-order valence-electron chi connectivity index (χ2n) is 8.31. The lowest BCUT2D eigenvalue weighted by atomic mass is 9.94. The maximum Gasteiger partial charge on any atom is 0.236 e. The minimum Gasteiger partial charge on any atom is -0.497 e. The van der Waals surface area contributed by atoms with Gasteiger partial charge in [-0.2, -0.15) is 0 Å². The maximum absolute atomic E-state index is 13.2. The predicted molar refractivity (Wildman–Crippen MR) is 123 cm³/mol. The summed E-state index contributed by atoms with van der Waals surface area (Å²) in [5.74, 6) is 2.21. The minimum absolute atomic E-state index is 0.0111. The number of ether oxygens (including phenoxy) is 3. The summed E-state index contributed by atoms with van der Waals surface area (Å²) in [5, 5.41) is 3.66. The summed E-state index contributed by atoms with van der Waals surface area (Å²) in [4.78, 5) is 20.9. The number of benzene rings is 2. The Kier molecular flexibility index (Phi) is 5.27. The number of aromatic nitrogens is 1. The number of hydrogen-bond acceptors (Lipinski definition) is 7. The highest BCUT2D eigenvalue weighted by atomic mass is 32.1. The summed E-state index contributed by atoms with van der Waals surface area (Å²) in [6.07, 6.45) is 3.45. The number of anilines is 1. The molecule has 1 saturated carbocycles. The molecule has 1 aliphatic carbocycles. The Balaban J connectivity index is 1.36. The van der Waals surface area contributed by atoms with Gasteiger partial charge in [0, 0.05) is 11.1 Å². The number of nitrogens with one attached hydrogen (secondary N) is 1. The molecule has 5 rings (SSSR count). The topological polar surface area (TPSA) is 72.9 Å². The van der Waals surface area contributed by atoms with Gasteiger partial charge in [-0.1, -0.05) is 29.5 Å². The molecule has 0 saturated heterocycles. The third-order valence-electron chi connectivity index (χ3n) is 6.05. The third kappa shape index (κ3) is 3.69. The number of fused-ring (bicyclic) bond motifs is 1. The summed E-state index contributed by atoms with van der Waals surface area (Å²) in [7, 11) is 5.72. The summed E-state index contributed by atoms with van der Waals surface area (Å²) < 4.78 is 16.3. The van der Waals surface area contributed by atoms with Gasteiger partial charge < -0.3 is 19.5 Å². The van der Waals surface area contributed by atoms with Gasteiger partial charge in [0.2, 0.25) is 12.7 Å². The van der Waals surface area contributed by atoms with E-state index in [1.54, 1.807) is 7.11 Å². The van der Waals surface area contributed by atoms with Gasteiger partial charge in [0.15, 0.2) is 16.6 Å². The number of amides is 1. The molecule has 1 unspecified atom stereocenters. The molecule has 7 nitrogen and oxygen atoms in total. The van der Waals surface area contributed by atoms with Crippen molar-refractivity contribution in [3.05, 3.63) is 64.7 Å². The molecular formula is C24H25N3O4S. The van der Waals surface area contributed by atoms with Crippen LogP contribution in [0.5, 0.6) is 17.2 Å². The third-order valence-corrected chi connectivity index (χ3v) is 7.01. The SMILES string of the molecule is COc1cccc(C(c2cnc(NC(=O)C3(c4ccc5c(c4)OCO5)CC3)s2)N(C)C)c1. The largest absolute Gasteiger partial charge is 0.497 e. The molecule has 2 aliphatic rings. The highest BCUT2D eigenvalue weighted by Gasteiger charge is 2.52. The van der Waals surface area contributed by atoms with E-state index in [4.69, 9.17) is 14.2 Å². The van der Waals surface area contributed by atoms with Gasteiger partial charge in [0.25, 0.3) is 0 Å². The van der Waals surface area contributed by atoms with E-state index in [-0.39, 0.29) is 18.7 Å². The zero-order valence-electron chi connectivity index (χ0n) is 18.3. The van der Waals surface area contributed by atoms with Crippen molar-refractivity contribution < 1.29 is 19.0 Å². The lowest BCUT2D eigenvalue weighted by molar-refractivity contribution is -0.118. The van der Waals surface area contributed by atoms with E-state index in [0.29, 0.717) is 10.9 Å². The standard InChI is InChI=1S/C24H25N3O4S/c1-27(2)21(15-5-4-6-17(11-15)29-3)20-13-25-23(32-20)26-22(28)24(9-10-24)16-7-8-18-19(12-16)31-14-30-18/h4-8,11-13,21H,9-10,14H2,1-3H3,(H,25,26,28). The van der Waals surface area contributed by atoms with E-state index in [0.717, 1.165) is 40.3 Å². The van der Waals surface area contributed by atoms with E-state index >= 15 is 0 Å². The Bertz CT molecular complexity index is 1160. The number of hydrogen-bond donors (Lipinski definition) is 1. The van der Waals surface area contributed by atoms with Crippen LogP contribution in [0.25, 0.3) is 0 Å². The van der Waals surface area contributed by atoms with Crippen molar-refractivity contribution in [1.29, 1.82) is 0 Å². The van der Waals surface area contributed by atoms with E-state index in [9.17, 15) is 4.79 Å². The van der Waals surface area contributed by atoms with Crippen LogP contribution in [0.4, 0.5) is 5.13 Å². The fraction of sp³-hybridized carbons (Fsp3) is 0.333. The van der Waals surface area contributed by atoms with Crippen molar-refractivity contribution in [3.63, 3.8) is 0 Å². The van der Waals surface area contributed by atoms with Gasteiger partial charge in [-0.25, -0.2) is 4.98 Å². The van der Waals surface area contributed by atoms with Crippen LogP contribution in [0.15, 0.2) is 48.7 Å². The van der Waals surface area contributed by atoms with Crippen molar-refractivity contribution in [2.75, 3.05) is 33.3 Å². The van der Waals surface area contributed by atoms with E-state index in [1.807, 2.05) is 56.7 Å². The fourth-order valence-electron chi connectivity index (χ4n) is 4.18. The number of thiazole rings is 1. The van der Waals surface area contributed by atoms with Crippen LogP contribution < -0.4 is 19.5 Å². The number of rotatable bonds is 7. The molecule has 1 aliphatic heterocycles. The highest BCUT2D eigenvalue weighted by Crippen LogP contribution is 2.51. The van der Waals surface area contributed by atoms with Crippen LogP contribution in [-0.2, 0) is 10.2 Å². The lowest BCUT2D eigenvalue weighted by Crippen LogP contribution is -2.27. The average Bonchev–Trinajstić information content (AvgIpc) is 3.26. The lowest BCUT2D eigenvalue weighted by Gasteiger charge is -2.23. The zero-order chi connectivity index (χ0) is 22.3. The van der Waals surface area contributed by atoms with E-state index in [1.165, 1.54) is 11.3 Å². The fourth-order valence-corrected chi connectivity index (χ4v) is 5.22. The van der Waals surface area contributed by atoms with E-state index in [2.05, 4.69) is 21.3 Å². The zero-order valence-corrected chi connectivity index (χ0v) is 19.1. The first-order chi connectivity index (χ1) is 15.5. The molecule has 0 spiro atoms. The van der Waals surface area contributed by atoms with Crippen molar-refractivity contribution >= 4 is 22.4 Å². The molecule has 1 N–H and O–H groups in total. The van der Waals surface area contributed by atoms with Gasteiger partial charge >= 0.3 is 0 Å². The van der Waals surface area contributed by atoms with Crippen LogP contribution in [-0.4, -0.2) is 43.8 Å². The number of carbonyl (C=O) groups excluding carboxylic acids is 1. The van der Waals surface area contributed by atoms with Gasteiger partial charge in [0.1, 0.15) is 5.75 Å². The maximum atomic E-state index is 13.2. The molecule has 0 radical (unpaired) electrons. The van der Waals surface area contributed by atoms with Crippen molar-refractivity contribution in [2.45, 2.75) is 24.3 Å². The first-order valence-corrected chi connectivity index (χ1v) is 11.3. The Morgan fingerprint density at radius 3 is 2.75 bits per heavy atom. The Morgan fingerprint density at radius 2 is 2.00 bits per heavy atom. The molecule has 1 aromatic heterocycles. The number of methoxy groups -OCH3 is 1. The Morgan fingerprint density at radius 1 is 1.19 bits per heavy atom. The first-order valence-electron chi connectivity index (χ1n) is 10.5. The summed E-state index contributed by atoms with van der Waals surface area (Å²) >= 11 is 1.49. The normalized spacial score (nSPS) is 16.6. The molecule has 2 heterocycles. The molecule has 3 aromatic rings. The van der Waals surface area contributed by atoms with Gasteiger partial charge in [-0.15, -0.1) is 0 Å². The predicted octanol–water partition coefficient (Wildman–Crippen LogP) is 4.20. The quantitative estimate of drug-likeness (QED) is 0.580. The molecule has 8 heteroatoms. The van der Waals surface area contributed by atoms with Crippen LogP contribution in [0.1, 0.15) is 34.9 Å². The molecule has 1 atom stereocenters. The van der Waals surface area contributed by atoms with Gasteiger partial charge in [0.05, 0.1) is 18.6 Å². The van der Waals surface area contributed by atoms with Gasteiger partial charge in [-0.3, -0.25) is 9.69 Å². The first kappa shape index (κ1) is 20.8. The second kappa shape index (κ2) is 8.11. The minimum atomic E-state index is -0.527. The molecule has 1 amide bonds. The summed E-state index contributed by atoms with van der Waals surface area (Å²) in [6, 6.07) is 13.8. The van der Waals surface area contributed by atoms with Crippen LogP contribution in [0.3, 0.4) is 0 Å². The van der Waals surface area contributed by atoms with Crippen molar-refractivity contribution in [1.82, 2.24) is 9.88 Å². The summed E-state index contributed by atoms with van der Waals surface area (Å²) in [6.45, 7) is 0.222. The van der Waals surface area contributed by atoms with Crippen molar-refractivity contribution in [2.24, 2.45) is 0 Å². The van der Waals surface area contributed by atoms with Crippen LogP contribution >= 0.6 is 11.3 Å². The Hall–Kier alpha value is -3.10. The molecule has 166 valence electrons. The van der Waals surface area contributed by atoms with Gasteiger partial charge in [-0.05, 0) is 62.3 Å².